The maximum atomic E-state index is 13.8. The van der Waals surface area contributed by atoms with Crippen molar-refractivity contribution in [3.8, 4) is 0 Å². The van der Waals surface area contributed by atoms with Crippen molar-refractivity contribution >= 4 is 15.9 Å². The zero-order valence-corrected chi connectivity index (χ0v) is 11.2. The normalized spacial score (nSPS) is 12.7. The predicted octanol–water partition coefficient (Wildman–Crippen LogP) is 3.80. The zero-order chi connectivity index (χ0) is 12.4. The highest BCUT2D eigenvalue weighted by atomic mass is 79.9. The first-order valence-electron chi connectivity index (χ1n) is 5.30. The summed E-state index contributed by atoms with van der Waals surface area (Å²) in [7, 11) is 1.78. The lowest BCUT2D eigenvalue weighted by atomic mass is 10.0. The van der Waals surface area contributed by atoms with Gasteiger partial charge in [0.1, 0.15) is 17.3 Å². The number of rotatable bonds is 3. The molecule has 1 aromatic heterocycles. The van der Waals surface area contributed by atoms with Crippen molar-refractivity contribution in [1.82, 2.24) is 5.32 Å². The Kier molecular flexibility index (Phi) is 3.64. The molecule has 1 N–H and O–H groups in total. The standard InChI is InChI=1S/C13H13BrFNO/c1-8-3-6-12(17-8)13(16-2)10-7-9(14)4-5-11(10)15/h3-7,13,16H,1-2H3. The van der Waals surface area contributed by atoms with E-state index in [1.807, 2.05) is 19.1 Å². The summed E-state index contributed by atoms with van der Waals surface area (Å²) in [6, 6.07) is 8.33. The molecule has 1 unspecified atom stereocenters. The third-order valence-electron chi connectivity index (χ3n) is 2.60. The lowest BCUT2D eigenvalue weighted by Crippen LogP contribution is -2.18. The van der Waals surface area contributed by atoms with E-state index in [0.717, 1.165) is 10.2 Å². The van der Waals surface area contributed by atoms with Crippen LogP contribution in [0, 0.1) is 12.7 Å². The van der Waals surface area contributed by atoms with Gasteiger partial charge in [0, 0.05) is 10.0 Å². The molecule has 0 spiro atoms. The number of benzene rings is 1. The van der Waals surface area contributed by atoms with Gasteiger partial charge in [-0.3, -0.25) is 0 Å². The topological polar surface area (TPSA) is 25.2 Å². The second-order valence-electron chi connectivity index (χ2n) is 3.84. The number of hydrogen-bond donors (Lipinski definition) is 1. The lowest BCUT2D eigenvalue weighted by molar-refractivity contribution is 0.436. The molecule has 0 saturated heterocycles. The van der Waals surface area contributed by atoms with Crippen LogP contribution in [0.2, 0.25) is 0 Å². The Bertz CT molecular complexity index is 524. The first-order chi connectivity index (χ1) is 8.11. The van der Waals surface area contributed by atoms with Gasteiger partial charge in [0.25, 0.3) is 0 Å². The molecule has 0 aliphatic carbocycles. The van der Waals surface area contributed by atoms with Crippen LogP contribution < -0.4 is 5.32 Å². The molecular weight excluding hydrogens is 285 g/mol. The summed E-state index contributed by atoms with van der Waals surface area (Å²) in [6.45, 7) is 1.87. The Hall–Kier alpha value is -1.13. The number of halogens is 2. The fourth-order valence-corrected chi connectivity index (χ4v) is 2.17. The Labute approximate surface area is 108 Å². The molecule has 0 bridgehead atoms. The van der Waals surface area contributed by atoms with Crippen molar-refractivity contribution in [2.75, 3.05) is 7.05 Å². The van der Waals surface area contributed by atoms with Gasteiger partial charge in [-0.1, -0.05) is 15.9 Å². The van der Waals surface area contributed by atoms with Gasteiger partial charge in [0.2, 0.25) is 0 Å². The maximum Gasteiger partial charge on any atom is 0.128 e. The number of aryl methyl sites for hydroxylation is 1. The molecule has 1 heterocycles. The van der Waals surface area contributed by atoms with Crippen LogP contribution in [-0.4, -0.2) is 7.05 Å². The average molecular weight is 298 g/mol. The van der Waals surface area contributed by atoms with Crippen LogP contribution in [0.25, 0.3) is 0 Å². The third kappa shape index (κ3) is 2.58. The van der Waals surface area contributed by atoms with Gasteiger partial charge < -0.3 is 9.73 Å². The fourth-order valence-electron chi connectivity index (χ4n) is 1.80. The minimum absolute atomic E-state index is 0.249. The molecule has 0 aliphatic heterocycles. The van der Waals surface area contributed by atoms with Crippen molar-refractivity contribution in [1.29, 1.82) is 0 Å². The molecule has 90 valence electrons. The van der Waals surface area contributed by atoms with Gasteiger partial charge in [0.05, 0.1) is 6.04 Å². The Balaban J connectivity index is 2.45. The van der Waals surface area contributed by atoms with Crippen LogP contribution in [0.5, 0.6) is 0 Å². The van der Waals surface area contributed by atoms with Gasteiger partial charge in [-0.25, -0.2) is 4.39 Å². The van der Waals surface area contributed by atoms with Crippen LogP contribution in [0.15, 0.2) is 39.2 Å². The molecular formula is C13H13BrFNO. The summed E-state index contributed by atoms with van der Waals surface area (Å²) in [5, 5.41) is 3.06. The van der Waals surface area contributed by atoms with E-state index in [4.69, 9.17) is 4.42 Å². The van der Waals surface area contributed by atoms with Crippen molar-refractivity contribution in [2.45, 2.75) is 13.0 Å². The molecule has 4 heteroatoms. The highest BCUT2D eigenvalue weighted by Gasteiger charge is 2.19. The van der Waals surface area contributed by atoms with Crippen LogP contribution >= 0.6 is 15.9 Å². The van der Waals surface area contributed by atoms with E-state index < -0.39 is 0 Å². The minimum atomic E-state index is -0.277. The molecule has 0 saturated carbocycles. The summed E-state index contributed by atoms with van der Waals surface area (Å²) in [5.74, 6) is 1.28. The molecule has 0 aliphatic rings. The largest absolute Gasteiger partial charge is 0.464 e. The monoisotopic (exact) mass is 297 g/mol. The number of nitrogens with one attached hydrogen (secondary N) is 1. The van der Waals surface area contributed by atoms with Crippen molar-refractivity contribution in [3.05, 3.63) is 57.7 Å². The van der Waals surface area contributed by atoms with E-state index in [0.29, 0.717) is 11.3 Å². The van der Waals surface area contributed by atoms with Gasteiger partial charge >= 0.3 is 0 Å². The van der Waals surface area contributed by atoms with Crippen molar-refractivity contribution in [3.63, 3.8) is 0 Å². The first-order valence-corrected chi connectivity index (χ1v) is 6.09. The second-order valence-corrected chi connectivity index (χ2v) is 4.75. The van der Waals surface area contributed by atoms with Crippen LogP contribution in [0.3, 0.4) is 0 Å². The first kappa shape index (κ1) is 12.3. The molecule has 2 rings (SSSR count). The van der Waals surface area contributed by atoms with Crippen molar-refractivity contribution in [2.24, 2.45) is 0 Å². The Morgan fingerprint density at radius 2 is 2.06 bits per heavy atom. The molecule has 1 aromatic carbocycles. The van der Waals surface area contributed by atoms with E-state index >= 15 is 0 Å². The summed E-state index contributed by atoms with van der Waals surface area (Å²) in [6.07, 6.45) is 0. The van der Waals surface area contributed by atoms with E-state index in [9.17, 15) is 4.39 Å². The van der Waals surface area contributed by atoms with E-state index in [1.165, 1.54) is 6.07 Å². The smallest absolute Gasteiger partial charge is 0.128 e. The quantitative estimate of drug-likeness (QED) is 0.932. The minimum Gasteiger partial charge on any atom is -0.464 e. The van der Waals surface area contributed by atoms with Crippen LogP contribution in [0.4, 0.5) is 4.39 Å². The summed E-state index contributed by atoms with van der Waals surface area (Å²) in [5.41, 5.74) is 0.566. The second kappa shape index (κ2) is 5.02. The molecule has 2 nitrogen and oxygen atoms in total. The highest BCUT2D eigenvalue weighted by molar-refractivity contribution is 9.10. The average Bonchev–Trinajstić information content (AvgIpc) is 2.71. The number of hydrogen-bond acceptors (Lipinski definition) is 2. The predicted molar refractivity (Wildman–Crippen MR) is 68.4 cm³/mol. The number of furan rings is 1. The van der Waals surface area contributed by atoms with Crippen LogP contribution in [0.1, 0.15) is 23.1 Å². The van der Waals surface area contributed by atoms with E-state index in [-0.39, 0.29) is 11.9 Å². The summed E-state index contributed by atoms with van der Waals surface area (Å²) in [4.78, 5) is 0. The summed E-state index contributed by atoms with van der Waals surface area (Å²) >= 11 is 3.35. The Morgan fingerprint density at radius 3 is 2.65 bits per heavy atom. The van der Waals surface area contributed by atoms with Crippen LogP contribution in [-0.2, 0) is 0 Å². The maximum absolute atomic E-state index is 13.8. The third-order valence-corrected chi connectivity index (χ3v) is 3.10. The zero-order valence-electron chi connectivity index (χ0n) is 9.63. The van der Waals surface area contributed by atoms with E-state index in [2.05, 4.69) is 21.2 Å². The summed E-state index contributed by atoms with van der Waals surface area (Å²) < 4.78 is 20.2. The van der Waals surface area contributed by atoms with E-state index in [1.54, 1.807) is 19.2 Å². The molecule has 1 atom stereocenters. The SMILES string of the molecule is CNC(c1ccc(C)o1)c1cc(Br)ccc1F. The molecule has 0 radical (unpaired) electrons. The Morgan fingerprint density at radius 1 is 1.29 bits per heavy atom. The molecule has 17 heavy (non-hydrogen) atoms. The van der Waals surface area contributed by atoms with Gasteiger partial charge in [-0.05, 0) is 44.3 Å². The molecule has 2 aromatic rings. The van der Waals surface area contributed by atoms with Gasteiger partial charge in [-0.2, -0.15) is 0 Å². The highest BCUT2D eigenvalue weighted by Crippen LogP contribution is 2.27. The molecule has 0 fully saturated rings. The van der Waals surface area contributed by atoms with Gasteiger partial charge in [0.15, 0.2) is 0 Å². The molecule has 0 amide bonds. The fraction of sp³-hybridized carbons (Fsp3) is 0.231. The van der Waals surface area contributed by atoms with Crippen molar-refractivity contribution < 1.29 is 8.81 Å². The van der Waals surface area contributed by atoms with Gasteiger partial charge in [-0.15, -0.1) is 0 Å². The lowest BCUT2D eigenvalue weighted by Gasteiger charge is -2.15.